The molecule has 1 aromatic heterocycles. The normalized spacial score (nSPS) is 10.5. The number of nitrogens with zero attached hydrogens (tertiary/aromatic N) is 3. The predicted molar refractivity (Wildman–Crippen MR) is 116 cm³/mol. The predicted octanol–water partition coefficient (Wildman–Crippen LogP) is 6.23. The molecule has 0 amide bonds. The molecular formula is C25H27N3O. The number of unbranched alkanes of at least 4 members (excludes halogenated alkanes) is 3. The van der Waals surface area contributed by atoms with Crippen LogP contribution >= 0.6 is 0 Å². The third kappa shape index (κ3) is 6.15. The van der Waals surface area contributed by atoms with E-state index < -0.39 is 0 Å². The number of rotatable bonds is 10. The van der Waals surface area contributed by atoms with E-state index in [9.17, 15) is 0 Å². The van der Waals surface area contributed by atoms with Crippen molar-refractivity contribution in [3.8, 4) is 34.3 Å². The molecule has 0 aliphatic rings. The second-order valence-electron chi connectivity index (χ2n) is 7.09. The van der Waals surface area contributed by atoms with Crippen LogP contribution in [0.4, 0.5) is 0 Å². The Labute approximate surface area is 173 Å². The molecule has 2 aromatic carbocycles. The lowest BCUT2D eigenvalue weighted by atomic mass is 10.0. The van der Waals surface area contributed by atoms with Crippen LogP contribution in [0, 0.1) is 11.3 Å². The molecule has 0 spiro atoms. The lowest BCUT2D eigenvalue weighted by molar-refractivity contribution is 0.309. The van der Waals surface area contributed by atoms with Gasteiger partial charge in [-0.15, -0.1) is 10.2 Å². The number of nitriles is 1. The van der Waals surface area contributed by atoms with Gasteiger partial charge in [0.15, 0.2) is 0 Å². The number of ether oxygens (including phenoxy) is 1. The van der Waals surface area contributed by atoms with Gasteiger partial charge in [-0.3, -0.25) is 0 Å². The van der Waals surface area contributed by atoms with Crippen LogP contribution in [0.25, 0.3) is 22.5 Å². The Kier molecular flexibility index (Phi) is 7.77. The van der Waals surface area contributed by atoms with E-state index >= 15 is 0 Å². The summed E-state index contributed by atoms with van der Waals surface area (Å²) >= 11 is 0. The van der Waals surface area contributed by atoms with Crippen molar-refractivity contribution >= 4 is 0 Å². The van der Waals surface area contributed by atoms with E-state index in [1.54, 1.807) is 0 Å². The van der Waals surface area contributed by atoms with Gasteiger partial charge >= 0.3 is 0 Å². The van der Waals surface area contributed by atoms with Gasteiger partial charge in [0.1, 0.15) is 5.75 Å². The summed E-state index contributed by atoms with van der Waals surface area (Å²) < 4.78 is 5.71. The highest BCUT2D eigenvalue weighted by Gasteiger charge is 2.05. The molecule has 4 heteroatoms. The Hall–Kier alpha value is -3.19. The molecule has 0 bridgehead atoms. The summed E-state index contributed by atoms with van der Waals surface area (Å²) in [5.41, 5.74) is 5.09. The Bertz CT molecular complexity index is 910. The number of hydrogen-bond donors (Lipinski definition) is 0. The van der Waals surface area contributed by atoms with Crippen molar-refractivity contribution in [3.63, 3.8) is 0 Å². The van der Waals surface area contributed by atoms with Crippen LogP contribution in [0.2, 0.25) is 0 Å². The largest absolute Gasteiger partial charge is 0.494 e. The van der Waals surface area contributed by atoms with Crippen molar-refractivity contribution in [3.05, 3.63) is 66.2 Å². The highest BCUT2D eigenvalue weighted by Crippen LogP contribution is 2.23. The smallest absolute Gasteiger partial charge is 0.119 e. The van der Waals surface area contributed by atoms with Crippen molar-refractivity contribution in [1.29, 1.82) is 5.26 Å². The summed E-state index contributed by atoms with van der Waals surface area (Å²) in [6.45, 7) is 2.91. The van der Waals surface area contributed by atoms with Gasteiger partial charge in [0, 0.05) is 17.5 Å². The van der Waals surface area contributed by atoms with Gasteiger partial charge < -0.3 is 4.74 Å². The lowest BCUT2D eigenvalue weighted by Gasteiger charge is -2.07. The fraction of sp³-hybridized carbons (Fsp3) is 0.320. The number of aryl methyl sites for hydroxylation is 1. The zero-order valence-corrected chi connectivity index (χ0v) is 17.0. The molecule has 0 fully saturated rings. The van der Waals surface area contributed by atoms with E-state index in [1.165, 1.54) is 5.56 Å². The first-order valence-electron chi connectivity index (χ1n) is 10.3. The number of hydrogen-bond acceptors (Lipinski definition) is 4. The van der Waals surface area contributed by atoms with E-state index in [0.717, 1.165) is 67.0 Å². The minimum atomic E-state index is 0.634. The molecule has 0 aliphatic carbocycles. The Balaban J connectivity index is 1.60. The fourth-order valence-corrected chi connectivity index (χ4v) is 3.07. The van der Waals surface area contributed by atoms with Gasteiger partial charge in [-0.2, -0.15) is 5.26 Å². The summed E-state index contributed by atoms with van der Waals surface area (Å²) in [6.07, 6.45) is 5.84. The Morgan fingerprint density at radius 3 is 1.97 bits per heavy atom. The maximum atomic E-state index is 8.60. The van der Waals surface area contributed by atoms with Crippen molar-refractivity contribution in [2.45, 2.75) is 45.4 Å². The molecule has 1 heterocycles. The van der Waals surface area contributed by atoms with E-state index in [0.29, 0.717) is 6.42 Å². The second-order valence-corrected chi connectivity index (χ2v) is 7.09. The molecule has 148 valence electrons. The number of aromatic nitrogens is 2. The SMILES string of the molecule is CCCCOc1ccc(-c2ccc(-c3ccc(CCCCC#N)cc3)nn2)cc1. The van der Waals surface area contributed by atoms with Gasteiger partial charge in [-0.1, -0.05) is 37.6 Å². The first kappa shape index (κ1) is 20.5. The second kappa shape index (κ2) is 11.0. The average molecular weight is 386 g/mol. The maximum absolute atomic E-state index is 8.60. The molecule has 3 aromatic rings. The average Bonchev–Trinajstić information content (AvgIpc) is 2.78. The summed E-state index contributed by atoms with van der Waals surface area (Å²) in [4.78, 5) is 0. The highest BCUT2D eigenvalue weighted by atomic mass is 16.5. The minimum Gasteiger partial charge on any atom is -0.494 e. The Morgan fingerprint density at radius 1 is 0.793 bits per heavy atom. The molecule has 29 heavy (non-hydrogen) atoms. The monoisotopic (exact) mass is 385 g/mol. The molecule has 4 nitrogen and oxygen atoms in total. The van der Waals surface area contributed by atoms with Crippen LogP contribution < -0.4 is 4.74 Å². The maximum Gasteiger partial charge on any atom is 0.119 e. The molecular weight excluding hydrogens is 358 g/mol. The highest BCUT2D eigenvalue weighted by molar-refractivity contribution is 5.64. The molecule has 0 saturated carbocycles. The van der Waals surface area contributed by atoms with Gasteiger partial charge in [0.2, 0.25) is 0 Å². The lowest BCUT2D eigenvalue weighted by Crippen LogP contribution is -1.96. The summed E-state index contributed by atoms with van der Waals surface area (Å²) in [7, 11) is 0. The van der Waals surface area contributed by atoms with Crippen molar-refractivity contribution in [1.82, 2.24) is 10.2 Å². The molecule has 0 radical (unpaired) electrons. The molecule has 0 unspecified atom stereocenters. The van der Waals surface area contributed by atoms with Crippen LogP contribution in [-0.4, -0.2) is 16.8 Å². The zero-order chi connectivity index (χ0) is 20.3. The first-order chi connectivity index (χ1) is 14.3. The standard InChI is InChI=1S/C25H27N3O/c1-2-3-19-29-23-14-12-22(13-15-23)25-17-16-24(27-28-25)21-10-8-20(9-11-21)7-5-4-6-18-26/h8-17H,2-7,19H2,1H3. The molecule has 0 atom stereocenters. The van der Waals surface area contributed by atoms with Crippen molar-refractivity contribution in [2.75, 3.05) is 6.61 Å². The van der Waals surface area contributed by atoms with Gasteiger partial charge in [0.05, 0.1) is 24.1 Å². The summed E-state index contributed by atoms with van der Waals surface area (Å²) in [5.74, 6) is 0.888. The molecule has 0 saturated heterocycles. The third-order valence-electron chi connectivity index (χ3n) is 4.83. The van der Waals surface area contributed by atoms with Crippen molar-refractivity contribution in [2.24, 2.45) is 0 Å². The third-order valence-corrected chi connectivity index (χ3v) is 4.83. The van der Waals surface area contributed by atoms with Crippen LogP contribution in [0.5, 0.6) is 5.75 Å². The zero-order valence-electron chi connectivity index (χ0n) is 17.0. The number of benzene rings is 2. The summed E-state index contributed by atoms with van der Waals surface area (Å²) in [5, 5.41) is 17.4. The van der Waals surface area contributed by atoms with Crippen LogP contribution in [-0.2, 0) is 6.42 Å². The van der Waals surface area contributed by atoms with Gasteiger partial charge in [0.25, 0.3) is 0 Å². The van der Waals surface area contributed by atoms with Gasteiger partial charge in [-0.05, 0) is 67.6 Å². The van der Waals surface area contributed by atoms with Crippen LogP contribution in [0.1, 0.15) is 44.6 Å². The van der Waals surface area contributed by atoms with Crippen LogP contribution in [0.3, 0.4) is 0 Å². The molecule has 0 aliphatic heterocycles. The fourth-order valence-electron chi connectivity index (χ4n) is 3.07. The topological polar surface area (TPSA) is 58.8 Å². The molecule has 0 N–H and O–H groups in total. The van der Waals surface area contributed by atoms with Gasteiger partial charge in [-0.25, -0.2) is 0 Å². The van der Waals surface area contributed by atoms with E-state index in [4.69, 9.17) is 10.00 Å². The molecule has 3 rings (SSSR count). The van der Waals surface area contributed by atoms with E-state index in [1.807, 2.05) is 36.4 Å². The summed E-state index contributed by atoms with van der Waals surface area (Å²) in [6, 6.07) is 22.7. The quantitative estimate of drug-likeness (QED) is 0.388. The van der Waals surface area contributed by atoms with E-state index in [-0.39, 0.29) is 0 Å². The minimum absolute atomic E-state index is 0.634. The first-order valence-corrected chi connectivity index (χ1v) is 10.3. The van der Waals surface area contributed by atoms with E-state index in [2.05, 4.69) is 47.5 Å². The Morgan fingerprint density at radius 2 is 1.41 bits per heavy atom. The van der Waals surface area contributed by atoms with Crippen LogP contribution in [0.15, 0.2) is 60.7 Å². The van der Waals surface area contributed by atoms with Crippen molar-refractivity contribution < 1.29 is 4.74 Å².